The molecule has 0 saturated heterocycles. The van der Waals surface area contributed by atoms with Gasteiger partial charge in [0.05, 0.1) is 0 Å². The molecule has 0 amide bonds. The van der Waals surface area contributed by atoms with Crippen LogP contribution in [0.25, 0.3) is 11.4 Å². The van der Waals surface area contributed by atoms with Crippen LogP contribution in [0.15, 0.2) is 54.6 Å². The highest BCUT2D eigenvalue weighted by molar-refractivity contribution is 7.09. The zero-order valence-electron chi connectivity index (χ0n) is 11.2. The van der Waals surface area contributed by atoms with Gasteiger partial charge < -0.3 is 5.32 Å². The second-order valence-electron chi connectivity index (χ2n) is 4.46. The van der Waals surface area contributed by atoms with E-state index in [1.807, 2.05) is 30.3 Å². The molecule has 0 aliphatic heterocycles. The summed E-state index contributed by atoms with van der Waals surface area (Å²) in [6.45, 7) is 2.15. The molecule has 0 spiro atoms. The molecule has 3 aromatic rings. The third-order valence-corrected chi connectivity index (χ3v) is 3.70. The number of rotatable bonds is 4. The van der Waals surface area contributed by atoms with Crippen molar-refractivity contribution in [2.75, 3.05) is 5.32 Å². The summed E-state index contributed by atoms with van der Waals surface area (Å²) < 4.78 is 4.38. The summed E-state index contributed by atoms with van der Waals surface area (Å²) >= 11 is 1.38. The molecule has 0 radical (unpaired) electrons. The number of benzene rings is 2. The molecule has 20 heavy (non-hydrogen) atoms. The molecule has 1 heterocycles. The Labute approximate surface area is 122 Å². The van der Waals surface area contributed by atoms with Crippen LogP contribution in [0.3, 0.4) is 0 Å². The lowest BCUT2D eigenvalue weighted by Gasteiger charge is -2.02. The van der Waals surface area contributed by atoms with Crippen molar-refractivity contribution >= 4 is 22.4 Å². The van der Waals surface area contributed by atoms with Crippen LogP contribution in [0.4, 0.5) is 10.8 Å². The highest BCUT2D eigenvalue weighted by Gasteiger charge is 2.06. The van der Waals surface area contributed by atoms with Gasteiger partial charge in [-0.05, 0) is 24.1 Å². The van der Waals surface area contributed by atoms with E-state index in [4.69, 9.17) is 0 Å². The van der Waals surface area contributed by atoms with Gasteiger partial charge in [-0.25, -0.2) is 0 Å². The zero-order valence-corrected chi connectivity index (χ0v) is 12.0. The molecule has 0 atom stereocenters. The summed E-state index contributed by atoms with van der Waals surface area (Å²) in [5.41, 5.74) is 3.41. The predicted molar refractivity (Wildman–Crippen MR) is 84.4 cm³/mol. The SMILES string of the molecule is CCc1ccc(Nc2nc(-c3ccccc3)ns2)cc1. The molecule has 100 valence electrons. The predicted octanol–water partition coefficient (Wildman–Crippen LogP) is 4.51. The van der Waals surface area contributed by atoms with Crippen LogP contribution >= 0.6 is 11.5 Å². The molecule has 1 N–H and O–H groups in total. The first-order valence-electron chi connectivity index (χ1n) is 6.60. The van der Waals surface area contributed by atoms with E-state index >= 15 is 0 Å². The molecule has 0 fully saturated rings. The molecule has 0 aliphatic rings. The summed E-state index contributed by atoms with van der Waals surface area (Å²) in [7, 11) is 0. The molecule has 3 nitrogen and oxygen atoms in total. The molecule has 0 bridgehead atoms. The van der Waals surface area contributed by atoms with E-state index in [0.717, 1.165) is 28.6 Å². The van der Waals surface area contributed by atoms with Gasteiger partial charge in [0.2, 0.25) is 5.13 Å². The second kappa shape index (κ2) is 5.84. The van der Waals surface area contributed by atoms with Crippen molar-refractivity contribution in [2.45, 2.75) is 13.3 Å². The van der Waals surface area contributed by atoms with Gasteiger partial charge in [-0.2, -0.15) is 9.36 Å². The fraction of sp³-hybridized carbons (Fsp3) is 0.125. The Kier molecular flexibility index (Phi) is 3.74. The number of aryl methyl sites for hydroxylation is 1. The van der Waals surface area contributed by atoms with Gasteiger partial charge in [0, 0.05) is 22.8 Å². The van der Waals surface area contributed by atoms with E-state index in [2.05, 4.69) is 45.9 Å². The van der Waals surface area contributed by atoms with E-state index in [0.29, 0.717) is 0 Å². The number of aromatic nitrogens is 2. The Morgan fingerprint density at radius 1 is 1.00 bits per heavy atom. The van der Waals surface area contributed by atoms with Crippen LogP contribution < -0.4 is 5.32 Å². The first kappa shape index (κ1) is 12.8. The molecule has 2 aromatic carbocycles. The molecule has 4 heteroatoms. The van der Waals surface area contributed by atoms with Crippen LogP contribution in [0.1, 0.15) is 12.5 Å². The average Bonchev–Trinajstić information content (AvgIpc) is 2.97. The minimum absolute atomic E-state index is 0.767. The zero-order chi connectivity index (χ0) is 13.8. The third-order valence-electron chi connectivity index (χ3n) is 3.07. The highest BCUT2D eigenvalue weighted by atomic mass is 32.1. The fourth-order valence-electron chi connectivity index (χ4n) is 1.93. The minimum Gasteiger partial charge on any atom is -0.330 e. The Balaban J connectivity index is 1.77. The fourth-order valence-corrected chi connectivity index (χ4v) is 2.54. The molecule has 0 unspecified atom stereocenters. The van der Waals surface area contributed by atoms with E-state index in [1.54, 1.807) is 0 Å². The highest BCUT2D eigenvalue weighted by Crippen LogP contribution is 2.23. The van der Waals surface area contributed by atoms with Gasteiger partial charge in [-0.15, -0.1) is 0 Å². The van der Waals surface area contributed by atoms with Crippen molar-refractivity contribution in [3.8, 4) is 11.4 Å². The van der Waals surface area contributed by atoms with Crippen LogP contribution in [-0.4, -0.2) is 9.36 Å². The first-order valence-corrected chi connectivity index (χ1v) is 7.37. The van der Waals surface area contributed by atoms with Crippen LogP contribution in [-0.2, 0) is 6.42 Å². The minimum atomic E-state index is 0.767. The number of nitrogens with one attached hydrogen (secondary N) is 1. The monoisotopic (exact) mass is 281 g/mol. The van der Waals surface area contributed by atoms with E-state index in [1.165, 1.54) is 17.1 Å². The van der Waals surface area contributed by atoms with Crippen molar-refractivity contribution in [1.29, 1.82) is 0 Å². The van der Waals surface area contributed by atoms with Crippen LogP contribution in [0.2, 0.25) is 0 Å². The second-order valence-corrected chi connectivity index (χ2v) is 5.22. The smallest absolute Gasteiger partial charge is 0.207 e. The lowest BCUT2D eigenvalue weighted by atomic mass is 10.1. The maximum atomic E-state index is 4.51. The van der Waals surface area contributed by atoms with Crippen molar-refractivity contribution < 1.29 is 0 Å². The maximum absolute atomic E-state index is 4.51. The van der Waals surface area contributed by atoms with E-state index < -0.39 is 0 Å². The summed E-state index contributed by atoms with van der Waals surface area (Å²) in [6.07, 6.45) is 1.05. The molecule has 0 aliphatic carbocycles. The van der Waals surface area contributed by atoms with Crippen molar-refractivity contribution in [1.82, 2.24) is 9.36 Å². The summed E-state index contributed by atoms with van der Waals surface area (Å²) in [4.78, 5) is 4.51. The van der Waals surface area contributed by atoms with Gasteiger partial charge in [0.1, 0.15) is 0 Å². The number of hydrogen-bond acceptors (Lipinski definition) is 4. The summed E-state index contributed by atoms with van der Waals surface area (Å²) in [5, 5.41) is 4.10. The van der Waals surface area contributed by atoms with Gasteiger partial charge in [-0.3, -0.25) is 0 Å². The Morgan fingerprint density at radius 2 is 1.75 bits per heavy atom. The van der Waals surface area contributed by atoms with Crippen LogP contribution in [0.5, 0.6) is 0 Å². The van der Waals surface area contributed by atoms with E-state index in [9.17, 15) is 0 Å². The van der Waals surface area contributed by atoms with Gasteiger partial charge in [0.15, 0.2) is 5.82 Å². The normalized spacial score (nSPS) is 10.4. The molecule has 0 saturated carbocycles. The molecule has 1 aromatic heterocycles. The van der Waals surface area contributed by atoms with E-state index in [-0.39, 0.29) is 0 Å². The topological polar surface area (TPSA) is 37.8 Å². The van der Waals surface area contributed by atoms with Crippen molar-refractivity contribution in [2.24, 2.45) is 0 Å². The largest absolute Gasteiger partial charge is 0.330 e. The first-order chi connectivity index (χ1) is 9.85. The Morgan fingerprint density at radius 3 is 2.45 bits per heavy atom. The average molecular weight is 281 g/mol. The number of hydrogen-bond donors (Lipinski definition) is 1. The van der Waals surface area contributed by atoms with Crippen LogP contribution in [0, 0.1) is 0 Å². The lowest BCUT2D eigenvalue weighted by Crippen LogP contribution is -1.90. The molecule has 3 rings (SSSR count). The number of anilines is 2. The third kappa shape index (κ3) is 2.86. The van der Waals surface area contributed by atoms with Crippen molar-refractivity contribution in [3.05, 3.63) is 60.2 Å². The summed E-state index contributed by atoms with van der Waals surface area (Å²) in [5.74, 6) is 0.767. The Bertz CT molecular complexity index is 674. The lowest BCUT2D eigenvalue weighted by molar-refractivity contribution is 1.14. The quantitative estimate of drug-likeness (QED) is 0.764. The standard InChI is InChI=1S/C16H15N3S/c1-2-12-8-10-14(11-9-12)17-16-18-15(19-20-16)13-6-4-3-5-7-13/h3-11H,2H2,1H3,(H,17,18,19). The van der Waals surface area contributed by atoms with Gasteiger partial charge >= 0.3 is 0 Å². The number of nitrogens with zero attached hydrogens (tertiary/aromatic N) is 2. The summed E-state index contributed by atoms with van der Waals surface area (Å²) in [6, 6.07) is 18.4. The Hall–Kier alpha value is -2.20. The van der Waals surface area contributed by atoms with Crippen molar-refractivity contribution in [3.63, 3.8) is 0 Å². The van der Waals surface area contributed by atoms with Gasteiger partial charge in [-0.1, -0.05) is 49.4 Å². The molecular formula is C16H15N3S. The molecular weight excluding hydrogens is 266 g/mol. The maximum Gasteiger partial charge on any atom is 0.207 e. The van der Waals surface area contributed by atoms with Gasteiger partial charge in [0.25, 0.3) is 0 Å².